The number of ether oxygens (including phenoxy) is 8. The van der Waals surface area contributed by atoms with E-state index < -0.39 is 196 Å². The molecule has 0 aromatic carbocycles. The predicted molar refractivity (Wildman–Crippen MR) is 267 cm³/mol. The normalized spacial score (nSPS) is 35.3. The van der Waals surface area contributed by atoms with Crippen LogP contribution in [-0.2, 0) is 76.4 Å². The lowest BCUT2D eigenvalue weighted by Crippen LogP contribution is -2.71. The van der Waals surface area contributed by atoms with Crippen molar-refractivity contribution >= 4 is 40.0 Å². The summed E-state index contributed by atoms with van der Waals surface area (Å²) in [6.45, 7) is 0.600. The highest BCUT2D eigenvalue weighted by Gasteiger charge is 2.56. The highest BCUT2D eigenvalue weighted by Crippen LogP contribution is 2.35. The van der Waals surface area contributed by atoms with Gasteiger partial charge in [0.15, 0.2) is 25.2 Å². The Morgan fingerprint density at radius 3 is 1.42 bits per heavy atom. The molecule has 454 valence electrons. The number of rotatable bonds is 31. The van der Waals surface area contributed by atoms with Gasteiger partial charge in [0, 0.05) is 20.8 Å². The summed E-state index contributed by atoms with van der Waals surface area (Å²) in [6.07, 6.45) is -12.7. The van der Waals surface area contributed by atoms with Crippen molar-refractivity contribution in [2.24, 2.45) is 0 Å². The lowest BCUT2D eigenvalue weighted by atomic mass is 9.93. The number of hydrogen-bond donors (Lipinski definition) is 14. The molecule has 4 fully saturated rings. The predicted octanol–water partition coefficient (Wildman–Crippen LogP) is -4.22. The molecule has 4 amide bonds. The van der Waals surface area contributed by atoms with Crippen LogP contribution in [0.4, 0.5) is 0 Å². The van der Waals surface area contributed by atoms with Crippen LogP contribution in [-0.4, -0.2) is 244 Å². The summed E-state index contributed by atoms with van der Waals surface area (Å²) in [7, 11) is -5.17. The molecule has 4 saturated heterocycles. The standard InChI is InChI=1S/C48H80N4O26S/c1-5-6-7-8-9-10-11-12-13-14-15-16-17-18-31(58)52-34-38(62)37(61)29(21-70-23-32(59)60)75-46(34)76-42-27(19-53)73-47(35(40(42)64)50-25(3)56)77-43-28(20-54)74-48(36(41(43)65)51-26(4)57)78-44-30(22-71-79(67,68)69)72-45(66)33(39(44)63)49-24(2)55/h10-11,17-18,27-30,33-48,53-54,61-66H,5-9,12-16,19-23H2,1-4H3,(H,49,55)(H,50,56)(H,51,57)(H,52,58)(H,59,60)(H,67,68,69)/b11-10+,18-17+/t27-,28-,29-,30-,33-,34-,35-,36-,37-,38+,39+,40+,41+,42-,43-,44-,45-,46+,47+,48+/m1/s1. The second-order valence-electron chi connectivity index (χ2n) is 19.5. The summed E-state index contributed by atoms with van der Waals surface area (Å²) < 4.78 is 83.3. The first kappa shape index (κ1) is 67.6. The van der Waals surface area contributed by atoms with E-state index in [2.05, 4.69) is 44.5 Å². The molecule has 0 saturated carbocycles. The number of carbonyl (C=O) groups is 5. The summed E-state index contributed by atoms with van der Waals surface area (Å²) >= 11 is 0. The van der Waals surface area contributed by atoms with E-state index in [9.17, 15) is 77.8 Å². The van der Waals surface area contributed by atoms with Gasteiger partial charge in [0.25, 0.3) is 0 Å². The molecule has 0 aliphatic carbocycles. The summed E-state index contributed by atoms with van der Waals surface area (Å²) in [5.41, 5.74) is 0. The Hall–Kier alpha value is -3.94. The minimum atomic E-state index is -5.17. The van der Waals surface area contributed by atoms with Crippen LogP contribution in [0.1, 0.15) is 91.9 Å². The van der Waals surface area contributed by atoms with Gasteiger partial charge in [0.05, 0.1) is 26.4 Å². The number of hydrogen-bond acceptors (Lipinski definition) is 24. The van der Waals surface area contributed by atoms with Gasteiger partial charge in [-0.25, -0.2) is 8.98 Å². The molecule has 4 aliphatic heterocycles. The lowest BCUT2D eigenvalue weighted by molar-refractivity contribution is -0.362. The fourth-order valence-corrected chi connectivity index (χ4v) is 9.66. The molecule has 0 unspecified atom stereocenters. The van der Waals surface area contributed by atoms with Crippen molar-refractivity contribution in [3.63, 3.8) is 0 Å². The van der Waals surface area contributed by atoms with Crippen LogP contribution >= 0.6 is 0 Å². The first-order valence-electron chi connectivity index (χ1n) is 26.1. The molecule has 4 rings (SSSR count). The molecule has 14 N–H and O–H groups in total. The van der Waals surface area contributed by atoms with E-state index in [1.54, 1.807) is 6.08 Å². The van der Waals surface area contributed by atoms with Crippen LogP contribution in [0.25, 0.3) is 0 Å². The Morgan fingerprint density at radius 2 is 0.962 bits per heavy atom. The Bertz CT molecular complexity index is 2090. The first-order valence-corrected chi connectivity index (χ1v) is 27.5. The smallest absolute Gasteiger partial charge is 0.397 e. The van der Waals surface area contributed by atoms with Gasteiger partial charge in [0.1, 0.15) is 104 Å². The van der Waals surface area contributed by atoms with Gasteiger partial charge in [-0.3, -0.25) is 23.7 Å². The van der Waals surface area contributed by atoms with Gasteiger partial charge in [0.2, 0.25) is 23.6 Å². The van der Waals surface area contributed by atoms with Crippen molar-refractivity contribution in [2.75, 3.05) is 33.0 Å². The molecule has 0 spiro atoms. The van der Waals surface area contributed by atoms with Crippen LogP contribution in [0.2, 0.25) is 0 Å². The van der Waals surface area contributed by atoms with Gasteiger partial charge >= 0.3 is 16.4 Å². The Balaban J connectivity index is 1.56. The summed E-state index contributed by atoms with van der Waals surface area (Å²) in [6, 6.07) is -6.80. The molecular formula is C48H80N4O26S. The van der Waals surface area contributed by atoms with Crippen molar-refractivity contribution in [1.82, 2.24) is 21.3 Å². The van der Waals surface area contributed by atoms with E-state index in [0.717, 1.165) is 59.3 Å². The number of allylic oxidation sites excluding steroid dienone is 3. The van der Waals surface area contributed by atoms with Crippen LogP contribution in [0, 0.1) is 0 Å². The van der Waals surface area contributed by atoms with Gasteiger partial charge in [-0.05, 0) is 44.6 Å². The van der Waals surface area contributed by atoms with E-state index in [-0.39, 0.29) is 0 Å². The fourth-order valence-electron chi connectivity index (χ4n) is 9.35. The van der Waals surface area contributed by atoms with E-state index in [4.69, 9.17) is 43.0 Å². The third-order valence-electron chi connectivity index (χ3n) is 13.2. The third-order valence-corrected chi connectivity index (χ3v) is 13.6. The maximum absolute atomic E-state index is 13.3. The molecule has 4 aliphatic rings. The quantitative estimate of drug-likeness (QED) is 0.0135. The number of carbonyl (C=O) groups excluding carboxylic acids is 4. The maximum atomic E-state index is 13.3. The largest absolute Gasteiger partial charge is 0.480 e. The Labute approximate surface area is 457 Å². The molecule has 0 aromatic heterocycles. The number of carboxylic acid groups (broad SMARTS) is 1. The second-order valence-corrected chi connectivity index (χ2v) is 20.6. The SMILES string of the molecule is CCCCCC/C=C/CCCCC/C=C/C(=O)N[C@H]1[C@H](O[C@H]2[C@@H](O)[C@@H](NC(C)=O)[C@H](O[C@H]3[C@@H](O)[C@@H](NC(C)=O)[C@H](O[C@H]4[C@@H](O)[C@@H](NC(C)=O)[C@H](O)O[C@@H]4COS(=O)(=O)O)O[C@@H]3CO)O[C@@H]2CO)O[C@H](COCC(=O)O)[C@@H](O)[C@H]1O. The first-order chi connectivity index (χ1) is 37.4. The zero-order chi connectivity index (χ0) is 58.6. The van der Waals surface area contributed by atoms with Crippen molar-refractivity contribution < 1.29 is 125 Å². The van der Waals surface area contributed by atoms with Crippen molar-refractivity contribution in [1.29, 1.82) is 0 Å². The van der Waals surface area contributed by atoms with Crippen LogP contribution in [0.5, 0.6) is 0 Å². The molecule has 79 heavy (non-hydrogen) atoms. The van der Waals surface area contributed by atoms with Crippen LogP contribution < -0.4 is 21.3 Å². The summed E-state index contributed by atoms with van der Waals surface area (Å²) in [5.74, 6) is -4.58. The van der Waals surface area contributed by atoms with E-state index in [1.807, 2.05) is 0 Å². The number of aliphatic carboxylic acids is 1. The summed E-state index contributed by atoms with van der Waals surface area (Å²) in [4.78, 5) is 61.9. The summed E-state index contributed by atoms with van der Waals surface area (Å²) in [5, 5.41) is 108. The maximum Gasteiger partial charge on any atom is 0.397 e. The Kier molecular flexibility index (Phi) is 28.4. The van der Waals surface area contributed by atoms with E-state index >= 15 is 0 Å². The highest BCUT2D eigenvalue weighted by atomic mass is 32.3. The highest BCUT2D eigenvalue weighted by molar-refractivity contribution is 7.80. The van der Waals surface area contributed by atoms with Gasteiger partial charge in [-0.1, -0.05) is 50.8 Å². The number of amides is 4. The van der Waals surface area contributed by atoms with Gasteiger partial charge in [-0.2, -0.15) is 8.42 Å². The van der Waals surface area contributed by atoms with E-state index in [0.29, 0.717) is 6.42 Å². The molecule has 0 bridgehead atoms. The number of nitrogens with one attached hydrogen (secondary N) is 4. The second kappa shape index (κ2) is 33.2. The number of carboxylic acids is 1. The molecule has 0 radical (unpaired) electrons. The Morgan fingerprint density at radius 1 is 0.532 bits per heavy atom. The molecule has 30 nitrogen and oxygen atoms in total. The number of aliphatic hydroxyl groups is 8. The zero-order valence-electron chi connectivity index (χ0n) is 44.4. The number of unbranched alkanes of at least 4 members (excludes halogenated alkanes) is 8. The minimum Gasteiger partial charge on any atom is -0.480 e. The monoisotopic (exact) mass is 1160 g/mol. The van der Waals surface area contributed by atoms with Gasteiger partial charge in [-0.15, -0.1) is 0 Å². The van der Waals surface area contributed by atoms with Crippen molar-refractivity contribution in [3.8, 4) is 0 Å². The molecule has 4 heterocycles. The molecule has 0 aromatic rings. The van der Waals surface area contributed by atoms with Gasteiger partial charge < -0.3 is 105 Å². The molecule has 20 atom stereocenters. The van der Waals surface area contributed by atoms with Crippen LogP contribution in [0.15, 0.2) is 24.3 Å². The van der Waals surface area contributed by atoms with E-state index in [1.165, 1.54) is 25.3 Å². The average Bonchev–Trinajstić information content (AvgIpc) is 3.42. The van der Waals surface area contributed by atoms with Crippen LogP contribution in [0.3, 0.4) is 0 Å². The molecular weight excluding hydrogens is 1080 g/mol. The topological polar surface area (TPSA) is 453 Å². The molecule has 31 heteroatoms. The number of aliphatic hydroxyl groups excluding tert-OH is 8. The zero-order valence-corrected chi connectivity index (χ0v) is 45.2. The van der Waals surface area contributed by atoms with Crippen molar-refractivity contribution in [3.05, 3.63) is 24.3 Å². The fraction of sp³-hybridized carbons (Fsp3) is 0.812. The minimum absolute atomic E-state index is 0.526. The lowest BCUT2D eigenvalue weighted by Gasteiger charge is -2.51. The average molecular weight is 1160 g/mol. The third kappa shape index (κ3) is 21.1. The van der Waals surface area contributed by atoms with Crippen molar-refractivity contribution in [2.45, 2.75) is 214 Å².